The van der Waals surface area contributed by atoms with Crippen molar-refractivity contribution in [3.63, 3.8) is 0 Å². The predicted molar refractivity (Wildman–Crippen MR) is 117 cm³/mol. The van der Waals surface area contributed by atoms with E-state index in [0.29, 0.717) is 23.2 Å². The van der Waals surface area contributed by atoms with Gasteiger partial charge in [0.25, 0.3) is 5.91 Å². The van der Waals surface area contributed by atoms with Crippen LogP contribution in [0.4, 0.5) is 0 Å². The lowest BCUT2D eigenvalue weighted by Gasteiger charge is -2.25. The minimum atomic E-state index is -3.10. The van der Waals surface area contributed by atoms with E-state index in [0.717, 1.165) is 5.56 Å². The summed E-state index contributed by atoms with van der Waals surface area (Å²) in [5.41, 5.74) is 0.909. The van der Waals surface area contributed by atoms with Crippen molar-refractivity contribution in [1.29, 1.82) is 0 Å². The lowest BCUT2D eigenvalue weighted by Crippen LogP contribution is -2.37. The van der Waals surface area contributed by atoms with Crippen LogP contribution in [0.25, 0.3) is 0 Å². The zero-order valence-corrected chi connectivity index (χ0v) is 18.1. The molecule has 0 bridgehead atoms. The topological polar surface area (TPSA) is 85.3 Å². The van der Waals surface area contributed by atoms with Crippen molar-refractivity contribution in [2.45, 2.75) is 17.8 Å². The molecule has 0 spiro atoms. The molecular weight excluding hydrogens is 424 g/mol. The highest BCUT2D eigenvalue weighted by Gasteiger charge is 2.48. The van der Waals surface area contributed by atoms with Gasteiger partial charge >= 0.3 is 0 Å². The number of amides is 1. The fraction of sp³-hybridized carbons (Fsp3) is 0.333. The Labute approximate surface area is 180 Å². The number of fused-ring (bicyclic) bond motifs is 1. The van der Waals surface area contributed by atoms with Crippen LogP contribution in [0, 0.1) is 0 Å². The maximum Gasteiger partial charge on any atom is 0.285 e. The summed E-state index contributed by atoms with van der Waals surface area (Å²) in [6.07, 6.45) is 0. The smallest absolute Gasteiger partial charge is 0.285 e. The number of methoxy groups -OCH3 is 1. The summed E-state index contributed by atoms with van der Waals surface area (Å²) in [4.78, 5) is 18.6. The molecule has 0 saturated carbocycles. The second-order valence-corrected chi connectivity index (χ2v) is 10.5. The molecule has 0 aliphatic carbocycles. The van der Waals surface area contributed by atoms with Gasteiger partial charge in [-0.2, -0.15) is 4.99 Å². The van der Waals surface area contributed by atoms with Crippen LogP contribution in [0.2, 0.25) is 0 Å². The van der Waals surface area contributed by atoms with Crippen LogP contribution in [-0.4, -0.2) is 60.9 Å². The normalized spacial score (nSPS) is 23.4. The summed E-state index contributed by atoms with van der Waals surface area (Å²) in [6.45, 7) is 0.240. The Kier molecular flexibility index (Phi) is 6.01. The molecule has 9 heteroatoms. The van der Waals surface area contributed by atoms with Crippen LogP contribution in [0.15, 0.2) is 59.6 Å². The van der Waals surface area contributed by atoms with Gasteiger partial charge in [0.2, 0.25) is 0 Å². The van der Waals surface area contributed by atoms with Crippen molar-refractivity contribution < 1.29 is 22.7 Å². The molecule has 2 aromatic rings. The van der Waals surface area contributed by atoms with E-state index in [1.807, 2.05) is 47.4 Å². The van der Waals surface area contributed by atoms with Crippen LogP contribution in [0.3, 0.4) is 0 Å². The summed E-state index contributed by atoms with van der Waals surface area (Å²) < 4.78 is 35.3. The number of rotatable bonds is 6. The second-order valence-electron chi connectivity index (χ2n) is 7.13. The molecule has 2 fully saturated rings. The van der Waals surface area contributed by atoms with Crippen molar-refractivity contribution in [3.05, 3.63) is 60.2 Å². The van der Waals surface area contributed by atoms with Gasteiger partial charge in [-0.25, -0.2) is 8.42 Å². The monoisotopic (exact) mass is 446 g/mol. The van der Waals surface area contributed by atoms with Crippen molar-refractivity contribution in [1.82, 2.24) is 4.90 Å². The van der Waals surface area contributed by atoms with Crippen LogP contribution in [0.1, 0.15) is 5.56 Å². The summed E-state index contributed by atoms with van der Waals surface area (Å²) in [5.74, 6) is 1.06. The van der Waals surface area contributed by atoms with Gasteiger partial charge in [0.15, 0.2) is 21.6 Å². The summed E-state index contributed by atoms with van der Waals surface area (Å²) in [7, 11) is -1.51. The van der Waals surface area contributed by atoms with Crippen LogP contribution < -0.4 is 9.47 Å². The number of hydrogen-bond donors (Lipinski definition) is 0. The van der Waals surface area contributed by atoms with Crippen LogP contribution in [-0.2, 0) is 21.2 Å². The number of carbonyl (C=O) groups excluding carboxylic acids is 1. The standard InChI is InChI=1S/C21H22N2O5S2/c1-27-18-10-6-5-7-15(18)11-23-17-13-30(25,26)14-19(17)29-21(23)22-20(24)12-28-16-8-3-2-4-9-16/h2-10,17,19H,11-14H2,1H3/t17-,19-/m0/s1. The number of nitrogens with zero attached hydrogens (tertiary/aromatic N) is 2. The van der Waals surface area contributed by atoms with E-state index in [9.17, 15) is 13.2 Å². The van der Waals surface area contributed by atoms with Gasteiger partial charge in [0.1, 0.15) is 11.5 Å². The highest BCUT2D eigenvalue weighted by atomic mass is 32.2. The largest absolute Gasteiger partial charge is 0.496 e. The molecule has 1 amide bonds. The van der Waals surface area contributed by atoms with E-state index >= 15 is 0 Å². The molecule has 4 rings (SSSR count). The Morgan fingerprint density at radius 1 is 1.13 bits per heavy atom. The van der Waals surface area contributed by atoms with Crippen molar-refractivity contribution in [2.75, 3.05) is 25.2 Å². The van der Waals surface area contributed by atoms with E-state index in [-0.39, 0.29) is 29.4 Å². The molecule has 2 aliphatic rings. The quantitative estimate of drug-likeness (QED) is 0.673. The molecule has 0 N–H and O–H groups in total. The fourth-order valence-corrected chi connectivity index (χ4v) is 7.61. The first kappa shape index (κ1) is 20.7. The zero-order chi connectivity index (χ0) is 21.1. The Balaban J connectivity index is 1.54. The lowest BCUT2D eigenvalue weighted by molar-refractivity contribution is -0.119. The van der Waals surface area contributed by atoms with Crippen LogP contribution in [0.5, 0.6) is 11.5 Å². The van der Waals surface area contributed by atoms with E-state index in [4.69, 9.17) is 9.47 Å². The Hall–Kier alpha value is -2.52. The molecule has 158 valence electrons. The first-order valence-electron chi connectivity index (χ1n) is 9.50. The highest BCUT2D eigenvalue weighted by molar-refractivity contribution is 8.15. The number of hydrogen-bond acceptors (Lipinski definition) is 6. The lowest BCUT2D eigenvalue weighted by atomic mass is 10.1. The number of ether oxygens (including phenoxy) is 2. The second kappa shape index (κ2) is 8.69. The summed E-state index contributed by atoms with van der Waals surface area (Å²) in [6, 6.07) is 16.4. The number of para-hydroxylation sites is 2. The maximum atomic E-state index is 12.4. The molecule has 2 atom stereocenters. The molecule has 30 heavy (non-hydrogen) atoms. The molecule has 2 heterocycles. The van der Waals surface area contributed by atoms with E-state index in [1.165, 1.54) is 11.8 Å². The molecular formula is C21H22N2O5S2. The number of aliphatic imine (C=N–C) groups is 1. The van der Waals surface area contributed by atoms with E-state index in [2.05, 4.69) is 4.99 Å². The molecule has 0 radical (unpaired) electrons. The minimum Gasteiger partial charge on any atom is -0.496 e. The van der Waals surface area contributed by atoms with Gasteiger partial charge in [-0.05, 0) is 18.2 Å². The van der Waals surface area contributed by atoms with Gasteiger partial charge < -0.3 is 14.4 Å². The molecule has 0 aromatic heterocycles. The average molecular weight is 447 g/mol. The number of amidine groups is 1. The minimum absolute atomic E-state index is 0.0630. The van der Waals surface area contributed by atoms with E-state index < -0.39 is 15.7 Å². The Morgan fingerprint density at radius 3 is 2.63 bits per heavy atom. The molecule has 2 aliphatic heterocycles. The van der Waals surface area contributed by atoms with Crippen LogP contribution >= 0.6 is 11.8 Å². The zero-order valence-electron chi connectivity index (χ0n) is 16.4. The first-order valence-corrected chi connectivity index (χ1v) is 12.2. The summed E-state index contributed by atoms with van der Waals surface area (Å²) in [5, 5.41) is 0.402. The number of carbonyl (C=O) groups is 1. The third-order valence-corrected chi connectivity index (χ3v) is 8.28. The third-order valence-electron chi connectivity index (χ3n) is 5.03. The fourth-order valence-electron chi connectivity index (χ4n) is 3.64. The SMILES string of the molecule is COc1ccccc1CN1C(=NC(=O)COc2ccccc2)S[C@H]2CS(=O)(=O)C[C@@H]21. The number of thioether (sulfide) groups is 1. The van der Waals surface area contributed by atoms with Crippen molar-refractivity contribution >= 4 is 32.7 Å². The van der Waals surface area contributed by atoms with Crippen molar-refractivity contribution in [3.8, 4) is 11.5 Å². The number of sulfone groups is 1. The maximum absolute atomic E-state index is 12.4. The molecule has 0 unspecified atom stereocenters. The predicted octanol–water partition coefficient (Wildman–Crippen LogP) is 2.37. The van der Waals surface area contributed by atoms with Gasteiger partial charge in [0.05, 0.1) is 24.7 Å². The van der Waals surface area contributed by atoms with Gasteiger partial charge in [-0.3, -0.25) is 4.79 Å². The van der Waals surface area contributed by atoms with E-state index in [1.54, 1.807) is 19.2 Å². The third kappa shape index (κ3) is 4.62. The molecule has 2 aromatic carbocycles. The average Bonchev–Trinajstić information content (AvgIpc) is 3.19. The number of benzene rings is 2. The van der Waals surface area contributed by atoms with Gasteiger partial charge in [-0.15, -0.1) is 0 Å². The summed E-state index contributed by atoms with van der Waals surface area (Å²) >= 11 is 1.35. The molecule has 2 saturated heterocycles. The van der Waals surface area contributed by atoms with Gasteiger partial charge in [-0.1, -0.05) is 48.2 Å². The Morgan fingerprint density at radius 2 is 1.87 bits per heavy atom. The Bertz CT molecular complexity index is 1060. The van der Waals surface area contributed by atoms with Gasteiger partial charge in [0, 0.05) is 17.4 Å². The molecule has 7 nitrogen and oxygen atoms in total. The van der Waals surface area contributed by atoms with Crippen molar-refractivity contribution in [2.24, 2.45) is 4.99 Å². The highest BCUT2D eigenvalue weighted by Crippen LogP contribution is 2.39. The first-order chi connectivity index (χ1) is 14.4.